The van der Waals surface area contributed by atoms with E-state index in [9.17, 15) is 13.5 Å². The number of sulfone groups is 1. The molecular weight excluding hydrogens is 238 g/mol. The molecule has 1 atom stereocenters. The summed E-state index contributed by atoms with van der Waals surface area (Å²) in [6.45, 7) is 7.75. The number of hydrogen-bond acceptors (Lipinski definition) is 4. The Bertz CT molecular complexity index is 297. The second-order valence-corrected chi connectivity index (χ2v) is 7.84. The minimum absolute atomic E-state index is 0.155. The van der Waals surface area contributed by atoms with Gasteiger partial charge < -0.3 is 10.4 Å². The molecule has 0 fully saturated rings. The quantitative estimate of drug-likeness (QED) is 0.615. The highest BCUT2D eigenvalue weighted by molar-refractivity contribution is 7.90. The molecule has 5 heteroatoms. The first-order valence-corrected chi connectivity index (χ1v) is 8.29. The maximum absolute atomic E-state index is 11.0. The number of hydrogen-bond donors (Lipinski definition) is 2. The Morgan fingerprint density at radius 2 is 1.88 bits per heavy atom. The van der Waals surface area contributed by atoms with E-state index < -0.39 is 15.4 Å². The summed E-state index contributed by atoms with van der Waals surface area (Å²) in [6, 6.07) is 0. The topological polar surface area (TPSA) is 66.4 Å². The van der Waals surface area contributed by atoms with Gasteiger partial charge in [0.1, 0.15) is 9.84 Å². The summed E-state index contributed by atoms with van der Waals surface area (Å²) in [6.07, 6.45) is 2.94. The van der Waals surface area contributed by atoms with Gasteiger partial charge in [-0.15, -0.1) is 0 Å². The molecule has 4 nitrogen and oxygen atoms in total. The SMILES string of the molecule is CC(C)CNCCC(C)(O)CCCS(C)(=O)=O. The van der Waals surface area contributed by atoms with E-state index in [1.54, 1.807) is 6.92 Å². The molecule has 0 aromatic heterocycles. The van der Waals surface area contributed by atoms with Crippen molar-refractivity contribution in [1.82, 2.24) is 5.32 Å². The molecule has 0 radical (unpaired) electrons. The van der Waals surface area contributed by atoms with E-state index in [2.05, 4.69) is 19.2 Å². The third kappa shape index (κ3) is 12.1. The van der Waals surface area contributed by atoms with Crippen LogP contribution in [0.4, 0.5) is 0 Å². The highest BCUT2D eigenvalue weighted by Gasteiger charge is 2.20. The van der Waals surface area contributed by atoms with E-state index in [0.29, 0.717) is 25.2 Å². The second kappa shape index (κ2) is 7.34. The largest absolute Gasteiger partial charge is 0.390 e. The second-order valence-electron chi connectivity index (χ2n) is 5.58. The van der Waals surface area contributed by atoms with Gasteiger partial charge in [0.25, 0.3) is 0 Å². The summed E-state index contributed by atoms with van der Waals surface area (Å²) in [7, 11) is -2.91. The fourth-order valence-electron chi connectivity index (χ4n) is 1.59. The van der Waals surface area contributed by atoms with Crippen LogP contribution in [-0.4, -0.2) is 44.2 Å². The Kier molecular flexibility index (Phi) is 7.28. The first-order valence-electron chi connectivity index (χ1n) is 6.23. The van der Waals surface area contributed by atoms with Crippen LogP contribution < -0.4 is 5.32 Å². The van der Waals surface area contributed by atoms with Gasteiger partial charge in [-0.1, -0.05) is 13.8 Å². The molecule has 0 aliphatic heterocycles. The van der Waals surface area contributed by atoms with Gasteiger partial charge in [0.05, 0.1) is 5.60 Å². The Morgan fingerprint density at radius 3 is 2.35 bits per heavy atom. The third-order valence-electron chi connectivity index (χ3n) is 2.62. The molecule has 0 saturated carbocycles. The molecule has 1 unspecified atom stereocenters. The lowest BCUT2D eigenvalue weighted by molar-refractivity contribution is 0.0416. The van der Waals surface area contributed by atoms with Gasteiger partial charge in [-0.25, -0.2) is 8.42 Å². The van der Waals surface area contributed by atoms with E-state index in [0.717, 1.165) is 13.1 Å². The van der Waals surface area contributed by atoms with Crippen LogP contribution in [0.2, 0.25) is 0 Å². The molecule has 0 aromatic carbocycles. The van der Waals surface area contributed by atoms with Crippen LogP contribution in [0.25, 0.3) is 0 Å². The van der Waals surface area contributed by atoms with Crippen LogP contribution in [-0.2, 0) is 9.84 Å². The monoisotopic (exact) mass is 265 g/mol. The molecule has 0 aromatic rings. The Labute approximate surface area is 106 Å². The maximum atomic E-state index is 11.0. The molecule has 0 bridgehead atoms. The predicted octanol–water partition coefficient (Wildman–Crippen LogP) is 1.20. The molecule has 104 valence electrons. The molecule has 0 spiro atoms. The third-order valence-corrected chi connectivity index (χ3v) is 3.65. The van der Waals surface area contributed by atoms with E-state index >= 15 is 0 Å². The lowest BCUT2D eigenvalue weighted by Gasteiger charge is -2.23. The average Bonchev–Trinajstić information content (AvgIpc) is 2.09. The Morgan fingerprint density at radius 1 is 1.29 bits per heavy atom. The van der Waals surface area contributed by atoms with Crippen LogP contribution in [0, 0.1) is 5.92 Å². The van der Waals surface area contributed by atoms with Gasteiger partial charge in [-0.05, 0) is 45.2 Å². The van der Waals surface area contributed by atoms with Crippen molar-refractivity contribution < 1.29 is 13.5 Å². The van der Waals surface area contributed by atoms with Crippen LogP contribution in [0.3, 0.4) is 0 Å². The Hall–Kier alpha value is -0.130. The molecule has 0 heterocycles. The zero-order chi connectivity index (χ0) is 13.5. The fraction of sp³-hybridized carbons (Fsp3) is 1.00. The van der Waals surface area contributed by atoms with E-state index in [-0.39, 0.29) is 5.75 Å². The van der Waals surface area contributed by atoms with Crippen LogP contribution in [0.1, 0.15) is 40.0 Å². The minimum atomic E-state index is -2.91. The van der Waals surface area contributed by atoms with E-state index in [1.165, 1.54) is 6.26 Å². The summed E-state index contributed by atoms with van der Waals surface area (Å²) in [5, 5.41) is 13.3. The van der Waals surface area contributed by atoms with Crippen LogP contribution in [0.5, 0.6) is 0 Å². The first-order chi connectivity index (χ1) is 7.62. The Balaban J connectivity index is 3.72. The number of nitrogens with one attached hydrogen (secondary N) is 1. The number of rotatable bonds is 9. The highest BCUT2D eigenvalue weighted by Crippen LogP contribution is 2.16. The lowest BCUT2D eigenvalue weighted by Crippen LogP contribution is -2.31. The highest BCUT2D eigenvalue weighted by atomic mass is 32.2. The van der Waals surface area contributed by atoms with Gasteiger partial charge in [0.2, 0.25) is 0 Å². The fourth-order valence-corrected chi connectivity index (χ4v) is 2.26. The van der Waals surface area contributed by atoms with Crippen LogP contribution >= 0.6 is 0 Å². The van der Waals surface area contributed by atoms with E-state index in [4.69, 9.17) is 0 Å². The zero-order valence-corrected chi connectivity index (χ0v) is 12.3. The van der Waals surface area contributed by atoms with Crippen molar-refractivity contribution in [3.05, 3.63) is 0 Å². The first kappa shape index (κ1) is 16.9. The summed E-state index contributed by atoms with van der Waals surface area (Å²) < 4.78 is 21.9. The molecule has 0 rings (SSSR count). The zero-order valence-electron chi connectivity index (χ0n) is 11.5. The summed E-state index contributed by atoms with van der Waals surface area (Å²) in [5.41, 5.74) is -0.769. The van der Waals surface area contributed by atoms with Gasteiger partial charge in [0, 0.05) is 12.0 Å². The summed E-state index contributed by atoms with van der Waals surface area (Å²) in [5.74, 6) is 0.757. The minimum Gasteiger partial charge on any atom is -0.390 e. The summed E-state index contributed by atoms with van der Waals surface area (Å²) in [4.78, 5) is 0. The molecule has 17 heavy (non-hydrogen) atoms. The standard InChI is InChI=1S/C12H27NO3S/c1-11(2)10-13-8-7-12(3,14)6-5-9-17(4,15)16/h11,13-14H,5-10H2,1-4H3. The van der Waals surface area contributed by atoms with Crippen molar-refractivity contribution in [3.8, 4) is 0 Å². The molecular formula is C12H27NO3S. The van der Waals surface area contributed by atoms with Crippen molar-refractivity contribution in [2.24, 2.45) is 5.92 Å². The van der Waals surface area contributed by atoms with Gasteiger partial charge >= 0.3 is 0 Å². The van der Waals surface area contributed by atoms with Crippen molar-refractivity contribution in [2.45, 2.75) is 45.6 Å². The van der Waals surface area contributed by atoms with Crippen molar-refractivity contribution in [3.63, 3.8) is 0 Å². The molecule has 0 amide bonds. The van der Waals surface area contributed by atoms with Gasteiger partial charge in [-0.3, -0.25) is 0 Å². The smallest absolute Gasteiger partial charge is 0.147 e. The molecule has 0 aliphatic carbocycles. The van der Waals surface area contributed by atoms with Crippen molar-refractivity contribution in [2.75, 3.05) is 25.1 Å². The number of aliphatic hydroxyl groups is 1. The molecule has 0 aliphatic rings. The normalized spacial score (nSPS) is 16.1. The van der Waals surface area contributed by atoms with Crippen molar-refractivity contribution in [1.29, 1.82) is 0 Å². The van der Waals surface area contributed by atoms with E-state index in [1.807, 2.05) is 0 Å². The maximum Gasteiger partial charge on any atom is 0.147 e. The average molecular weight is 265 g/mol. The van der Waals surface area contributed by atoms with Crippen molar-refractivity contribution >= 4 is 9.84 Å². The van der Waals surface area contributed by atoms with Gasteiger partial charge in [-0.2, -0.15) is 0 Å². The van der Waals surface area contributed by atoms with Gasteiger partial charge in [0.15, 0.2) is 0 Å². The summed E-state index contributed by atoms with van der Waals surface area (Å²) >= 11 is 0. The lowest BCUT2D eigenvalue weighted by atomic mass is 9.96. The van der Waals surface area contributed by atoms with Crippen LogP contribution in [0.15, 0.2) is 0 Å². The molecule has 2 N–H and O–H groups in total. The molecule has 0 saturated heterocycles. The predicted molar refractivity (Wildman–Crippen MR) is 71.9 cm³/mol.